The van der Waals surface area contributed by atoms with Gasteiger partial charge >= 0.3 is 0 Å². The van der Waals surface area contributed by atoms with Gasteiger partial charge in [-0.05, 0) is 29.8 Å². The molecule has 2 aromatic rings. The van der Waals surface area contributed by atoms with Crippen molar-refractivity contribution in [1.29, 1.82) is 0 Å². The third-order valence-corrected chi connectivity index (χ3v) is 3.68. The van der Waals surface area contributed by atoms with Crippen LogP contribution in [0.5, 0.6) is 0 Å². The number of halogens is 1. The van der Waals surface area contributed by atoms with E-state index < -0.39 is 0 Å². The number of pyridine rings is 1. The predicted molar refractivity (Wildman–Crippen MR) is 84.8 cm³/mol. The molecule has 0 spiro atoms. The fourth-order valence-corrected chi connectivity index (χ4v) is 2.53. The SMILES string of the molecule is O=C(NCc1cccc(F)c1)c1cccnc1N1CCOCC1. The van der Waals surface area contributed by atoms with Crippen molar-refractivity contribution in [3.8, 4) is 0 Å². The van der Waals surface area contributed by atoms with Gasteiger partial charge in [0.25, 0.3) is 5.91 Å². The Kier molecular flexibility index (Phi) is 4.83. The van der Waals surface area contributed by atoms with Gasteiger partial charge < -0.3 is 15.0 Å². The summed E-state index contributed by atoms with van der Waals surface area (Å²) in [6.07, 6.45) is 1.67. The zero-order valence-corrected chi connectivity index (χ0v) is 12.7. The van der Waals surface area contributed by atoms with E-state index >= 15 is 0 Å². The highest BCUT2D eigenvalue weighted by Crippen LogP contribution is 2.18. The third kappa shape index (κ3) is 3.84. The number of ether oxygens (including phenoxy) is 1. The first kappa shape index (κ1) is 15.4. The van der Waals surface area contributed by atoms with Crippen LogP contribution in [-0.4, -0.2) is 37.2 Å². The van der Waals surface area contributed by atoms with E-state index in [4.69, 9.17) is 4.74 Å². The maximum absolute atomic E-state index is 13.2. The van der Waals surface area contributed by atoms with Gasteiger partial charge in [0.1, 0.15) is 11.6 Å². The third-order valence-electron chi connectivity index (χ3n) is 3.68. The standard InChI is InChI=1S/C17H18FN3O2/c18-14-4-1-3-13(11-14)12-20-17(22)15-5-2-6-19-16(15)21-7-9-23-10-8-21/h1-6,11H,7-10,12H2,(H,20,22). The van der Waals surface area contributed by atoms with Crippen LogP contribution in [0.3, 0.4) is 0 Å². The van der Waals surface area contributed by atoms with E-state index in [0.717, 1.165) is 5.56 Å². The normalized spacial score (nSPS) is 14.6. The lowest BCUT2D eigenvalue weighted by Crippen LogP contribution is -2.38. The molecule has 1 aliphatic rings. The van der Waals surface area contributed by atoms with E-state index in [9.17, 15) is 9.18 Å². The molecular weight excluding hydrogens is 297 g/mol. The molecule has 1 amide bonds. The van der Waals surface area contributed by atoms with Gasteiger partial charge in [0.05, 0.1) is 18.8 Å². The summed E-state index contributed by atoms with van der Waals surface area (Å²) in [5, 5.41) is 2.82. The number of hydrogen-bond acceptors (Lipinski definition) is 4. The Bertz CT molecular complexity index is 687. The number of morpholine rings is 1. The molecule has 1 N–H and O–H groups in total. The van der Waals surface area contributed by atoms with E-state index in [1.54, 1.807) is 30.5 Å². The fourth-order valence-electron chi connectivity index (χ4n) is 2.53. The van der Waals surface area contributed by atoms with Gasteiger partial charge in [-0.25, -0.2) is 9.37 Å². The van der Waals surface area contributed by atoms with E-state index in [1.165, 1.54) is 12.1 Å². The summed E-state index contributed by atoms with van der Waals surface area (Å²) in [4.78, 5) is 18.8. The van der Waals surface area contributed by atoms with Crippen molar-refractivity contribution in [3.63, 3.8) is 0 Å². The monoisotopic (exact) mass is 315 g/mol. The second-order valence-electron chi connectivity index (χ2n) is 5.29. The summed E-state index contributed by atoms with van der Waals surface area (Å²) in [5.74, 6) is 0.128. The van der Waals surface area contributed by atoms with Gasteiger partial charge in [0.15, 0.2) is 0 Å². The first-order valence-electron chi connectivity index (χ1n) is 7.54. The maximum atomic E-state index is 13.2. The van der Waals surface area contributed by atoms with Crippen molar-refractivity contribution in [2.45, 2.75) is 6.54 Å². The van der Waals surface area contributed by atoms with Gasteiger partial charge in [-0.2, -0.15) is 0 Å². The lowest BCUT2D eigenvalue weighted by atomic mass is 10.2. The van der Waals surface area contributed by atoms with Crippen LogP contribution in [0.2, 0.25) is 0 Å². The van der Waals surface area contributed by atoms with E-state index in [-0.39, 0.29) is 18.3 Å². The molecule has 1 aromatic carbocycles. The van der Waals surface area contributed by atoms with Crippen molar-refractivity contribution in [2.75, 3.05) is 31.2 Å². The minimum atomic E-state index is -0.313. The molecule has 1 fully saturated rings. The Balaban J connectivity index is 1.72. The average Bonchev–Trinajstić information content (AvgIpc) is 2.60. The zero-order chi connectivity index (χ0) is 16.1. The Labute approximate surface area is 134 Å². The van der Waals surface area contributed by atoms with Crippen LogP contribution in [-0.2, 0) is 11.3 Å². The van der Waals surface area contributed by atoms with Crippen LogP contribution in [0.1, 0.15) is 15.9 Å². The number of carbonyl (C=O) groups is 1. The highest BCUT2D eigenvalue weighted by molar-refractivity contribution is 5.98. The van der Waals surface area contributed by atoms with Crippen LogP contribution >= 0.6 is 0 Å². The number of aromatic nitrogens is 1. The van der Waals surface area contributed by atoms with Crippen LogP contribution in [0, 0.1) is 5.82 Å². The number of hydrogen-bond donors (Lipinski definition) is 1. The molecule has 1 aliphatic heterocycles. The first-order valence-corrected chi connectivity index (χ1v) is 7.54. The van der Waals surface area contributed by atoms with Gasteiger partial charge in [-0.15, -0.1) is 0 Å². The van der Waals surface area contributed by atoms with E-state index in [1.807, 2.05) is 4.90 Å². The highest BCUT2D eigenvalue weighted by Gasteiger charge is 2.19. The van der Waals surface area contributed by atoms with E-state index in [0.29, 0.717) is 37.7 Å². The lowest BCUT2D eigenvalue weighted by Gasteiger charge is -2.29. The van der Waals surface area contributed by atoms with Gasteiger partial charge in [-0.1, -0.05) is 12.1 Å². The number of rotatable bonds is 4. The van der Waals surface area contributed by atoms with Crippen molar-refractivity contribution in [3.05, 3.63) is 59.5 Å². The van der Waals surface area contributed by atoms with Gasteiger partial charge in [0, 0.05) is 25.8 Å². The highest BCUT2D eigenvalue weighted by atomic mass is 19.1. The molecule has 5 nitrogen and oxygen atoms in total. The molecule has 0 unspecified atom stereocenters. The summed E-state index contributed by atoms with van der Waals surface area (Å²) >= 11 is 0. The molecule has 0 bridgehead atoms. The molecule has 0 radical (unpaired) electrons. The van der Waals surface area contributed by atoms with Crippen molar-refractivity contribution in [1.82, 2.24) is 10.3 Å². The van der Waals surface area contributed by atoms with Gasteiger partial charge in [0.2, 0.25) is 0 Å². The number of nitrogens with zero attached hydrogens (tertiary/aromatic N) is 2. The van der Waals surface area contributed by atoms with Crippen LogP contribution in [0.15, 0.2) is 42.6 Å². The minimum absolute atomic E-state index is 0.219. The summed E-state index contributed by atoms with van der Waals surface area (Å²) in [6, 6.07) is 9.67. The lowest BCUT2D eigenvalue weighted by molar-refractivity contribution is 0.0949. The average molecular weight is 315 g/mol. The molecule has 6 heteroatoms. The van der Waals surface area contributed by atoms with Crippen LogP contribution in [0.4, 0.5) is 10.2 Å². The maximum Gasteiger partial charge on any atom is 0.255 e. The Morgan fingerprint density at radius 2 is 2.09 bits per heavy atom. The van der Waals surface area contributed by atoms with Crippen LogP contribution in [0.25, 0.3) is 0 Å². The Morgan fingerprint density at radius 1 is 1.26 bits per heavy atom. The Hall–Kier alpha value is -2.47. The second kappa shape index (κ2) is 7.19. The summed E-state index contributed by atoms with van der Waals surface area (Å²) in [7, 11) is 0. The van der Waals surface area contributed by atoms with Crippen LogP contribution < -0.4 is 10.2 Å². The minimum Gasteiger partial charge on any atom is -0.378 e. The largest absolute Gasteiger partial charge is 0.378 e. The quantitative estimate of drug-likeness (QED) is 0.937. The molecule has 1 aromatic heterocycles. The smallest absolute Gasteiger partial charge is 0.255 e. The molecule has 0 saturated carbocycles. The first-order chi connectivity index (χ1) is 11.2. The van der Waals surface area contributed by atoms with E-state index in [2.05, 4.69) is 10.3 Å². The molecular formula is C17H18FN3O2. The number of amides is 1. The molecule has 3 rings (SSSR count). The molecule has 0 aliphatic carbocycles. The van der Waals surface area contributed by atoms with Crippen molar-refractivity contribution >= 4 is 11.7 Å². The topological polar surface area (TPSA) is 54.5 Å². The number of benzene rings is 1. The van der Waals surface area contributed by atoms with Crippen molar-refractivity contribution in [2.24, 2.45) is 0 Å². The number of anilines is 1. The summed E-state index contributed by atoms with van der Waals surface area (Å²) in [6.45, 7) is 2.94. The van der Waals surface area contributed by atoms with Gasteiger partial charge in [-0.3, -0.25) is 4.79 Å². The number of nitrogens with one attached hydrogen (secondary N) is 1. The Morgan fingerprint density at radius 3 is 2.87 bits per heavy atom. The molecule has 1 saturated heterocycles. The van der Waals surface area contributed by atoms with Crippen molar-refractivity contribution < 1.29 is 13.9 Å². The zero-order valence-electron chi connectivity index (χ0n) is 12.7. The summed E-state index contributed by atoms with van der Waals surface area (Å²) < 4.78 is 18.5. The predicted octanol–water partition coefficient (Wildman–Crippen LogP) is 1.99. The molecule has 120 valence electrons. The number of carbonyl (C=O) groups excluding carboxylic acids is 1. The molecule has 0 atom stereocenters. The second-order valence-corrected chi connectivity index (χ2v) is 5.29. The fraction of sp³-hybridized carbons (Fsp3) is 0.294. The summed E-state index contributed by atoms with van der Waals surface area (Å²) in [5.41, 5.74) is 1.24. The molecule has 23 heavy (non-hydrogen) atoms. The molecule has 2 heterocycles.